The third-order valence-electron chi connectivity index (χ3n) is 3.28. The fourth-order valence-electron chi connectivity index (χ4n) is 1.93. The zero-order valence-electron chi connectivity index (χ0n) is 13.4. The number of aliphatic imine (C=N–C) groups is 1. The second-order valence-corrected chi connectivity index (χ2v) is 5.39. The molecule has 2 rings (SSSR count). The summed E-state index contributed by atoms with van der Waals surface area (Å²) in [5, 5.41) is 9.92. The number of hydrogen-bond donors (Lipinski definition) is 2. The molecule has 0 aliphatic heterocycles. The number of benzene rings is 1. The number of hydrogen-bond acceptors (Lipinski definition) is 3. The zero-order chi connectivity index (χ0) is 16.8. The number of aromatic nitrogens is 1. The molecule has 0 aliphatic carbocycles. The largest absolute Gasteiger partial charge is 0.359 e. The molecule has 0 atom stereocenters. The summed E-state index contributed by atoms with van der Waals surface area (Å²) in [6.45, 7) is 4.58. The highest BCUT2D eigenvalue weighted by molar-refractivity contribution is 5.79. The predicted molar refractivity (Wildman–Crippen MR) is 84.0 cm³/mol. The van der Waals surface area contributed by atoms with E-state index in [2.05, 4.69) is 20.8 Å². The minimum atomic E-state index is -0.478. The number of nitrogens with zero attached hydrogens (tertiary/aromatic N) is 2. The van der Waals surface area contributed by atoms with Gasteiger partial charge in [-0.15, -0.1) is 0 Å². The van der Waals surface area contributed by atoms with E-state index in [1.165, 1.54) is 0 Å². The van der Waals surface area contributed by atoms with Gasteiger partial charge in [-0.05, 0) is 24.1 Å². The minimum Gasteiger partial charge on any atom is -0.359 e. The van der Waals surface area contributed by atoms with Crippen molar-refractivity contribution >= 4 is 5.96 Å². The van der Waals surface area contributed by atoms with Gasteiger partial charge in [0.15, 0.2) is 11.7 Å². The van der Waals surface area contributed by atoms with Crippen LogP contribution in [0.5, 0.6) is 0 Å². The quantitative estimate of drug-likeness (QED) is 0.656. The van der Waals surface area contributed by atoms with Gasteiger partial charge in [-0.1, -0.05) is 19.0 Å². The second kappa shape index (κ2) is 7.71. The number of rotatable bonds is 5. The molecule has 124 valence electrons. The Morgan fingerprint density at radius 2 is 1.96 bits per heavy atom. The van der Waals surface area contributed by atoms with Crippen molar-refractivity contribution in [3.05, 3.63) is 52.9 Å². The molecule has 1 aromatic carbocycles. The SMILES string of the molecule is CN=C(NCc1cc(C(C)C)no1)NCc1cc(F)ccc1F. The van der Waals surface area contributed by atoms with Crippen molar-refractivity contribution in [2.24, 2.45) is 4.99 Å². The van der Waals surface area contributed by atoms with E-state index in [0.29, 0.717) is 24.2 Å². The first-order valence-electron chi connectivity index (χ1n) is 7.33. The van der Waals surface area contributed by atoms with E-state index in [9.17, 15) is 8.78 Å². The molecule has 0 saturated carbocycles. The van der Waals surface area contributed by atoms with E-state index in [1.807, 2.05) is 19.9 Å². The molecule has 1 heterocycles. The van der Waals surface area contributed by atoms with E-state index >= 15 is 0 Å². The molecule has 23 heavy (non-hydrogen) atoms. The molecule has 0 unspecified atom stereocenters. The highest BCUT2D eigenvalue weighted by atomic mass is 19.1. The van der Waals surface area contributed by atoms with Crippen LogP contribution in [0.25, 0.3) is 0 Å². The van der Waals surface area contributed by atoms with Crippen LogP contribution in [0, 0.1) is 11.6 Å². The van der Waals surface area contributed by atoms with Crippen LogP contribution in [0.2, 0.25) is 0 Å². The van der Waals surface area contributed by atoms with Crippen molar-refractivity contribution < 1.29 is 13.3 Å². The molecule has 1 aromatic heterocycles. The molecule has 5 nitrogen and oxygen atoms in total. The summed E-state index contributed by atoms with van der Waals surface area (Å²) in [4.78, 5) is 4.03. The topological polar surface area (TPSA) is 62.5 Å². The lowest BCUT2D eigenvalue weighted by Gasteiger charge is -2.11. The standard InChI is InChI=1S/C16H20F2N4O/c1-10(2)15-7-13(23-22-15)9-21-16(19-3)20-8-11-6-12(17)4-5-14(11)18/h4-7,10H,8-9H2,1-3H3,(H2,19,20,21). The van der Waals surface area contributed by atoms with Gasteiger partial charge in [-0.2, -0.15) is 0 Å². The summed E-state index contributed by atoms with van der Waals surface area (Å²) < 4.78 is 31.9. The second-order valence-electron chi connectivity index (χ2n) is 5.39. The zero-order valence-corrected chi connectivity index (χ0v) is 13.4. The lowest BCUT2D eigenvalue weighted by atomic mass is 10.1. The maximum absolute atomic E-state index is 13.6. The third kappa shape index (κ3) is 4.77. The van der Waals surface area contributed by atoms with Crippen LogP contribution < -0.4 is 10.6 Å². The van der Waals surface area contributed by atoms with Gasteiger partial charge in [0.25, 0.3) is 0 Å². The Morgan fingerprint density at radius 3 is 2.61 bits per heavy atom. The number of nitrogens with one attached hydrogen (secondary N) is 2. The van der Waals surface area contributed by atoms with Crippen LogP contribution in [0.3, 0.4) is 0 Å². The first kappa shape index (κ1) is 16.9. The van der Waals surface area contributed by atoms with Crippen LogP contribution in [0.1, 0.15) is 36.8 Å². The lowest BCUT2D eigenvalue weighted by Crippen LogP contribution is -2.36. The maximum Gasteiger partial charge on any atom is 0.191 e. The van der Waals surface area contributed by atoms with Gasteiger partial charge in [0.1, 0.15) is 11.6 Å². The lowest BCUT2D eigenvalue weighted by molar-refractivity contribution is 0.372. The van der Waals surface area contributed by atoms with Crippen LogP contribution in [0.4, 0.5) is 8.78 Å². The average molecular weight is 322 g/mol. The molecule has 0 bridgehead atoms. The van der Waals surface area contributed by atoms with Crippen molar-refractivity contribution in [1.82, 2.24) is 15.8 Å². The van der Waals surface area contributed by atoms with Crippen molar-refractivity contribution in [3.8, 4) is 0 Å². The molecule has 0 aliphatic rings. The maximum atomic E-state index is 13.6. The van der Waals surface area contributed by atoms with Crippen LogP contribution in [0.15, 0.2) is 33.8 Å². The molecule has 2 N–H and O–H groups in total. The van der Waals surface area contributed by atoms with E-state index < -0.39 is 11.6 Å². The first-order chi connectivity index (χ1) is 11.0. The molecule has 7 heteroatoms. The summed E-state index contributed by atoms with van der Waals surface area (Å²) in [5.41, 5.74) is 1.11. The number of guanidine groups is 1. The Hall–Kier alpha value is -2.44. The molecular weight excluding hydrogens is 302 g/mol. The van der Waals surface area contributed by atoms with Gasteiger partial charge in [0, 0.05) is 25.2 Å². The summed E-state index contributed by atoms with van der Waals surface area (Å²) in [5.74, 6) is 0.478. The fraction of sp³-hybridized carbons (Fsp3) is 0.375. The Labute approximate surface area is 133 Å². The van der Waals surface area contributed by atoms with Gasteiger partial charge in [0.2, 0.25) is 0 Å². The summed E-state index contributed by atoms with van der Waals surface area (Å²) in [7, 11) is 1.59. The van der Waals surface area contributed by atoms with Gasteiger partial charge in [0.05, 0.1) is 12.2 Å². The van der Waals surface area contributed by atoms with Gasteiger partial charge < -0.3 is 15.2 Å². The summed E-state index contributed by atoms with van der Waals surface area (Å²) in [6.07, 6.45) is 0. The summed E-state index contributed by atoms with van der Waals surface area (Å²) >= 11 is 0. The molecule has 0 spiro atoms. The molecular formula is C16H20F2N4O. The van der Waals surface area contributed by atoms with Crippen LogP contribution >= 0.6 is 0 Å². The average Bonchev–Trinajstić information content (AvgIpc) is 3.00. The van der Waals surface area contributed by atoms with E-state index in [-0.39, 0.29) is 12.1 Å². The van der Waals surface area contributed by atoms with Crippen LogP contribution in [-0.4, -0.2) is 18.2 Å². The monoisotopic (exact) mass is 322 g/mol. The highest BCUT2D eigenvalue weighted by Gasteiger charge is 2.09. The van der Waals surface area contributed by atoms with Crippen molar-refractivity contribution in [2.75, 3.05) is 7.05 Å². The molecule has 2 aromatic rings. The predicted octanol–water partition coefficient (Wildman–Crippen LogP) is 2.94. The molecule has 0 amide bonds. The Bertz CT molecular complexity index is 682. The third-order valence-corrected chi connectivity index (χ3v) is 3.28. The van der Waals surface area contributed by atoms with Gasteiger partial charge >= 0.3 is 0 Å². The van der Waals surface area contributed by atoms with E-state index in [0.717, 1.165) is 23.9 Å². The fourth-order valence-corrected chi connectivity index (χ4v) is 1.93. The molecule has 0 saturated heterocycles. The van der Waals surface area contributed by atoms with E-state index in [1.54, 1.807) is 7.05 Å². The smallest absolute Gasteiger partial charge is 0.191 e. The Kier molecular flexibility index (Phi) is 5.67. The molecule has 0 fully saturated rings. The Balaban J connectivity index is 1.89. The van der Waals surface area contributed by atoms with Gasteiger partial charge in [-0.25, -0.2) is 8.78 Å². The van der Waals surface area contributed by atoms with Crippen LogP contribution in [-0.2, 0) is 13.1 Å². The Morgan fingerprint density at radius 1 is 1.22 bits per heavy atom. The first-order valence-corrected chi connectivity index (χ1v) is 7.33. The number of halogens is 2. The summed E-state index contributed by atoms with van der Waals surface area (Å²) in [6, 6.07) is 5.21. The van der Waals surface area contributed by atoms with E-state index in [4.69, 9.17) is 4.52 Å². The normalized spacial score (nSPS) is 11.8. The van der Waals surface area contributed by atoms with Crippen molar-refractivity contribution in [3.63, 3.8) is 0 Å². The van der Waals surface area contributed by atoms with Gasteiger partial charge in [-0.3, -0.25) is 4.99 Å². The van der Waals surface area contributed by atoms with Crippen molar-refractivity contribution in [2.45, 2.75) is 32.9 Å². The highest BCUT2D eigenvalue weighted by Crippen LogP contribution is 2.13. The molecule has 0 radical (unpaired) electrons. The minimum absolute atomic E-state index is 0.122. The van der Waals surface area contributed by atoms with Crippen molar-refractivity contribution in [1.29, 1.82) is 0 Å².